The summed E-state index contributed by atoms with van der Waals surface area (Å²) in [5.41, 5.74) is 5.62. The third-order valence-corrected chi connectivity index (χ3v) is 4.95. The molecule has 0 aromatic rings. The molecule has 0 saturated carbocycles. The molecule has 0 fully saturated rings. The molecule has 0 saturated heterocycles. The van der Waals surface area contributed by atoms with E-state index in [2.05, 4.69) is 6.92 Å². The molecular formula is C9H23NO3Si. The van der Waals surface area contributed by atoms with E-state index < -0.39 is 8.80 Å². The lowest BCUT2D eigenvalue weighted by Gasteiger charge is -2.30. The summed E-state index contributed by atoms with van der Waals surface area (Å²) in [7, 11) is -2.48. The van der Waals surface area contributed by atoms with E-state index in [1.165, 1.54) is 0 Å². The lowest BCUT2D eigenvalue weighted by Crippen LogP contribution is -2.49. The molecule has 4 nitrogen and oxygen atoms in total. The average Bonchev–Trinajstić information content (AvgIpc) is 2.03. The first-order valence-corrected chi connectivity index (χ1v) is 7.24. The lowest BCUT2D eigenvalue weighted by atomic mass is 10.6. The molecule has 0 spiro atoms. The Hall–Kier alpha value is 0.0569. The van der Waals surface area contributed by atoms with Crippen molar-refractivity contribution in [1.29, 1.82) is 0 Å². The average molecular weight is 221 g/mol. The molecule has 14 heavy (non-hydrogen) atoms. The van der Waals surface area contributed by atoms with Crippen LogP contribution in [0.4, 0.5) is 0 Å². The van der Waals surface area contributed by atoms with Gasteiger partial charge in [-0.05, 0) is 20.8 Å². The summed E-state index contributed by atoms with van der Waals surface area (Å²) >= 11 is 0. The zero-order valence-electron chi connectivity index (χ0n) is 9.71. The fraction of sp³-hybridized carbons (Fsp3) is 1.00. The molecule has 1 unspecified atom stereocenters. The molecule has 0 heterocycles. The van der Waals surface area contributed by atoms with Gasteiger partial charge in [0.15, 0.2) is 0 Å². The molecule has 0 aromatic heterocycles. The van der Waals surface area contributed by atoms with Crippen molar-refractivity contribution in [2.75, 3.05) is 13.2 Å². The van der Waals surface area contributed by atoms with E-state index in [4.69, 9.17) is 19.0 Å². The third kappa shape index (κ3) is 5.07. The van der Waals surface area contributed by atoms with E-state index in [9.17, 15) is 0 Å². The zero-order valence-corrected chi connectivity index (χ0v) is 10.7. The van der Waals surface area contributed by atoms with E-state index in [1.807, 2.05) is 13.8 Å². The second-order valence-corrected chi connectivity index (χ2v) is 5.80. The van der Waals surface area contributed by atoms with Crippen LogP contribution in [-0.2, 0) is 13.3 Å². The van der Waals surface area contributed by atoms with Crippen LogP contribution in [0.3, 0.4) is 0 Å². The Morgan fingerprint density at radius 3 is 1.93 bits per heavy atom. The highest BCUT2D eigenvalue weighted by molar-refractivity contribution is 6.60. The van der Waals surface area contributed by atoms with Gasteiger partial charge in [0.2, 0.25) is 0 Å². The van der Waals surface area contributed by atoms with Gasteiger partial charge in [0.05, 0.1) is 6.23 Å². The summed E-state index contributed by atoms with van der Waals surface area (Å²) in [5, 5.41) is 0. The largest absolute Gasteiger partial charge is 0.502 e. The maximum Gasteiger partial charge on any atom is 0.502 e. The first kappa shape index (κ1) is 14.1. The van der Waals surface area contributed by atoms with Crippen LogP contribution in [0.5, 0.6) is 0 Å². The van der Waals surface area contributed by atoms with Crippen molar-refractivity contribution in [1.82, 2.24) is 0 Å². The van der Waals surface area contributed by atoms with Crippen molar-refractivity contribution in [2.45, 2.75) is 46.4 Å². The van der Waals surface area contributed by atoms with Crippen LogP contribution in [-0.4, -0.2) is 28.2 Å². The molecule has 0 aliphatic heterocycles. The standard InChI is InChI=1S/C9H23NO3Si/c1-5-8-14(11-6-2,12-7-3)13-9(4)10/h9H,5-8,10H2,1-4H3. The van der Waals surface area contributed by atoms with E-state index >= 15 is 0 Å². The van der Waals surface area contributed by atoms with Crippen LogP contribution < -0.4 is 5.73 Å². The van der Waals surface area contributed by atoms with Gasteiger partial charge in [0.25, 0.3) is 0 Å². The SMILES string of the molecule is CCC[Si](OCC)(OCC)OC(C)N. The highest BCUT2D eigenvalue weighted by atomic mass is 28.4. The van der Waals surface area contributed by atoms with Crippen LogP contribution in [0, 0.1) is 0 Å². The fourth-order valence-electron chi connectivity index (χ4n) is 1.34. The summed E-state index contributed by atoms with van der Waals surface area (Å²) in [6.45, 7) is 9.00. The summed E-state index contributed by atoms with van der Waals surface area (Å²) in [6.07, 6.45) is 0.658. The Morgan fingerprint density at radius 2 is 1.64 bits per heavy atom. The maximum atomic E-state index is 5.64. The summed E-state index contributed by atoms with van der Waals surface area (Å²) in [6, 6.07) is 0.830. The molecule has 5 heteroatoms. The van der Waals surface area contributed by atoms with Crippen molar-refractivity contribution in [3.8, 4) is 0 Å². The first-order chi connectivity index (χ1) is 6.60. The quantitative estimate of drug-likeness (QED) is 0.501. The molecule has 1 atom stereocenters. The van der Waals surface area contributed by atoms with Gasteiger partial charge in [-0.3, -0.25) is 0 Å². The minimum absolute atomic E-state index is 0.327. The van der Waals surface area contributed by atoms with E-state index in [1.54, 1.807) is 6.92 Å². The van der Waals surface area contributed by atoms with Crippen LogP contribution in [0.1, 0.15) is 34.1 Å². The van der Waals surface area contributed by atoms with Crippen molar-refractivity contribution < 1.29 is 13.3 Å². The van der Waals surface area contributed by atoms with Gasteiger partial charge >= 0.3 is 8.80 Å². The summed E-state index contributed by atoms with van der Waals surface area (Å²) in [5.74, 6) is 0. The van der Waals surface area contributed by atoms with Crippen LogP contribution >= 0.6 is 0 Å². The van der Waals surface area contributed by atoms with Crippen molar-refractivity contribution in [2.24, 2.45) is 5.73 Å². The van der Waals surface area contributed by atoms with Gasteiger partial charge in [0, 0.05) is 19.3 Å². The monoisotopic (exact) mass is 221 g/mol. The molecule has 86 valence electrons. The minimum Gasteiger partial charge on any atom is -0.374 e. The van der Waals surface area contributed by atoms with Crippen molar-refractivity contribution in [3.05, 3.63) is 0 Å². The van der Waals surface area contributed by atoms with Gasteiger partial charge in [-0.15, -0.1) is 0 Å². The van der Waals surface area contributed by atoms with Gasteiger partial charge in [-0.2, -0.15) is 0 Å². The molecule has 0 rings (SSSR count). The number of hydrogen-bond acceptors (Lipinski definition) is 4. The highest BCUT2D eigenvalue weighted by Gasteiger charge is 2.40. The second-order valence-electron chi connectivity index (χ2n) is 3.12. The van der Waals surface area contributed by atoms with Crippen LogP contribution in [0.25, 0.3) is 0 Å². The molecule has 0 aromatic carbocycles. The maximum absolute atomic E-state index is 5.64. The smallest absolute Gasteiger partial charge is 0.374 e. The number of hydrogen-bond donors (Lipinski definition) is 1. The van der Waals surface area contributed by atoms with Gasteiger partial charge in [-0.1, -0.05) is 13.3 Å². The van der Waals surface area contributed by atoms with E-state index in [-0.39, 0.29) is 6.23 Å². The molecular weight excluding hydrogens is 198 g/mol. The Labute approximate surface area is 88.1 Å². The molecule has 0 amide bonds. The minimum atomic E-state index is -2.48. The molecule has 2 N–H and O–H groups in total. The number of nitrogens with two attached hydrogens (primary N) is 1. The summed E-state index contributed by atoms with van der Waals surface area (Å²) < 4.78 is 16.9. The van der Waals surface area contributed by atoms with Crippen LogP contribution in [0.2, 0.25) is 6.04 Å². The normalized spacial score (nSPS) is 14.4. The third-order valence-electron chi connectivity index (χ3n) is 1.65. The Balaban J connectivity index is 4.37. The Morgan fingerprint density at radius 1 is 1.14 bits per heavy atom. The van der Waals surface area contributed by atoms with E-state index in [0.29, 0.717) is 13.2 Å². The predicted octanol–water partition coefficient (Wildman–Crippen LogP) is 1.73. The van der Waals surface area contributed by atoms with Crippen molar-refractivity contribution in [3.63, 3.8) is 0 Å². The van der Waals surface area contributed by atoms with Gasteiger partial charge in [0.1, 0.15) is 0 Å². The Kier molecular flexibility index (Phi) is 7.39. The second kappa shape index (κ2) is 7.36. The van der Waals surface area contributed by atoms with Gasteiger partial charge < -0.3 is 19.0 Å². The molecule has 0 bridgehead atoms. The Bertz CT molecular complexity index is 127. The fourth-order valence-corrected chi connectivity index (χ4v) is 4.03. The highest BCUT2D eigenvalue weighted by Crippen LogP contribution is 2.18. The zero-order chi connectivity index (χ0) is 11.0. The number of rotatable bonds is 8. The molecule has 0 radical (unpaired) electrons. The topological polar surface area (TPSA) is 53.7 Å². The first-order valence-electron chi connectivity index (χ1n) is 5.31. The van der Waals surface area contributed by atoms with Crippen LogP contribution in [0.15, 0.2) is 0 Å². The summed E-state index contributed by atoms with van der Waals surface area (Å²) in [4.78, 5) is 0. The lowest BCUT2D eigenvalue weighted by molar-refractivity contribution is 0.0404. The van der Waals surface area contributed by atoms with Crippen molar-refractivity contribution >= 4 is 8.80 Å². The predicted molar refractivity (Wildman–Crippen MR) is 58.8 cm³/mol. The molecule has 0 aliphatic carbocycles. The van der Waals surface area contributed by atoms with Gasteiger partial charge in [-0.25, -0.2) is 0 Å². The van der Waals surface area contributed by atoms with E-state index in [0.717, 1.165) is 12.5 Å². The molecule has 0 aliphatic rings.